The zero-order chi connectivity index (χ0) is 17.9. The van der Waals surface area contributed by atoms with Gasteiger partial charge in [0.2, 0.25) is 5.96 Å². The Balaban J connectivity index is 0.00000312. The van der Waals surface area contributed by atoms with Crippen molar-refractivity contribution in [1.82, 2.24) is 4.90 Å². The molecule has 1 aromatic rings. The molecule has 1 saturated heterocycles. The molecule has 5 nitrogen and oxygen atoms in total. The number of halogens is 5. The molecule has 1 atom stereocenters. The van der Waals surface area contributed by atoms with Gasteiger partial charge in [-0.05, 0) is 37.0 Å². The number of hydrogen-bond acceptors (Lipinski definition) is 1. The van der Waals surface area contributed by atoms with Crippen LogP contribution in [-0.2, 0) is 6.18 Å². The molecule has 1 fully saturated rings. The highest BCUT2D eigenvalue weighted by Crippen LogP contribution is 2.36. The summed E-state index contributed by atoms with van der Waals surface area (Å²) in [5.74, 6) is 0.505. The van der Waals surface area contributed by atoms with Crippen molar-refractivity contribution in [2.75, 3.05) is 13.1 Å². The molecule has 0 bridgehead atoms. The standard InChI is InChI=1S/C15H19ClF3N5.ClH/c1-9-3-2-6-24(8-9)14(21)23-13(20)22-10-4-5-12(16)11(7-10)15(17,18)19;/h4-5,7,9H,2-3,6,8H2,1H3,(H4,20,21,22,23);1H. The van der Waals surface area contributed by atoms with E-state index in [4.69, 9.17) is 23.1 Å². The van der Waals surface area contributed by atoms with Gasteiger partial charge >= 0.3 is 6.18 Å². The summed E-state index contributed by atoms with van der Waals surface area (Å²) in [6, 6.07) is 3.28. The van der Waals surface area contributed by atoms with Gasteiger partial charge in [-0.3, -0.25) is 0 Å². The van der Waals surface area contributed by atoms with Crippen molar-refractivity contribution in [3.05, 3.63) is 28.8 Å². The quantitative estimate of drug-likeness (QED) is 0.558. The first-order valence-corrected chi connectivity index (χ1v) is 7.84. The molecule has 0 spiro atoms. The minimum absolute atomic E-state index is 0. The minimum Gasteiger partial charge on any atom is -0.369 e. The Labute approximate surface area is 155 Å². The molecular formula is C15H20Cl2F3N5. The lowest BCUT2D eigenvalue weighted by atomic mass is 10.0. The molecule has 0 aromatic heterocycles. The highest BCUT2D eigenvalue weighted by molar-refractivity contribution is 6.31. The Morgan fingerprint density at radius 3 is 2.60 bits per heavy atom. The molecule has 1 aromatic carbocycles. The fourth-order valence-corrected chi connectivity index (χ4v) is 2.77. The summed E-state index contributed by atoms with van der Waals surface area (Å²) in [7, 11) is 0. The fourth-order valence-electron chi connectivity index (χ4n) is 2.54. The molecule has 0 radical (unpaired) electrons. The van der Waals surface area contributed by atoms with E-state index in [2.05, 4.69) is 16.9 Å². The monoisotopic (exact) mass is 397 g/mol. The molecule has 1 unspecified atom stereocenters. The third-order valence-electron chi connectivity index (χ3n) is 3.71. The van der Waals surface area contributed by atoms with Gasteiger partial charge in [0.15, 0.2) is 5.96 Å². The van der Waals surface area contributed by atoms with Crippen molar-refractivity contribution >= 4 is 41.6 Å². The molecule has 0 saturated carbocycles. The average molecular weight is 398 g/mol. The minimum atomic E-state index is -4.57. The summed E-state index contributed by atoms with van der Waals surface area (Å²) >= 11 is 5.56. The predicted octanol–water partition coefficient (Wildman–Crippen LogP) is 3.77. The highest BCUT2D eigenvalue weighted by atomic mass is 35.5. The van der Waals surface area contributed by atoms with Crippen LogP contribution in [0.4, 0.5) is 18.9 Å². The lowest BCUT2D eigenvalue weighted by molar-refractivity contribution is -0.137. The molecule has 0 amide bonds. The molecule has 1 aliphatic heterocycles. The molecular weight excluding hydrogens is 378 g/mol. The summed E-state index contributed by atoms with van der Waals surface area (Å²) in [4.78, 5) is 9.74. The molecule has 10 heteroatoms. The summed E-state index contributed by atoms with van der Waals surface area (Å²) in [5, 5.41) is -0.398. The van der Waals surface area contributed by atoms with Crippen LogP contribution in [0.25, 0.3) is 0 Å². The van der Waals surface area contributed by atoms with E-state index in [1.54, 1.807) is 0 Å². The largest absolute Gasteiger partial charge is 0.417 e. The molecule has 1 heterocycles. The molecule has 25 heavy (non-hydrogen) atoms. The molecule has 0 aliphatic carbocycles. The topological polar surface area (TPSA) is 80.0 Å². The Morgan fingerprint density at radius 1 is 1.32 bits per heavy atom. The van der Waals surface area contributed by atoms with E-state index in [0.29, 0.717) is 5.92 Å². The van der Waals surface area contributed by atoms with Crippen molar-refractivity contribution in [3.63, 3.8) is 0 Å². The molecule has 1 aliphatic rings. The Kier molecular flexibility index (Phi) is 7.37. The normalized spacial score (nSPS) is 19.6. The number of piperidine rings is 1. The lowest BCUT2D eigenvalue weighted by Crippen LogP contribution is -2.44. The van der Waals surface area contributed by atoms with Crippen molar-refractivity contribution in [3.8, 4) is 0 Å². The number of benzene rings is 1. The van der Waals surface area contributed by atoms with Gasteiger partial charge in [0, 0.05) is 13.1 Å². The van der Waals surface area contributed by atoms with Gasteiger partial charge in [0.05, 0.1) is 16.3 Å². The first kappa shape index (κ1) is 21.4. The Morgan fingerprint density at radius 2 is 2.00 bits per heavy atom. The van der Waals surface area contributed by atoms with Crippen molar-refractivity contribution < 1.29 is 13.2 Å². The maximum atomic E-state index is 12.8. The van der Waals surface area contributed by atoms with Gasteiger partial charge in [-0.15, -0.1) is 12.4 Å². The van der Waals surface area contributed by atoms with Crippen LogP contribution in [0, 0.1) is 5.92 Å². The first-order valence-electron chi connectivity index (χ1n) is 7.47. The number of likely N-dealkylation sites (tertiary alicyclic amines) is 1. The van der Waals surface area contributed by atoms with E-state index in [1.165, 1.54) is 6.07 Å². The second-order valence-electron chi connectivity index (χ2n) is 5.80. The number of hydrogen-bond donors (Lipinski definition) is 2. The third-order valence-corrected chi connectivity index (χ3v) is 4.04. The van der Waals surface area contributed by atoms with E-state index in [-0.39, 0.29) is 30.0 Å². The summed E-state index contributed by atoms with van der Waals surface area (Å²) < 4.78 is 38.5. The second-order valence-corrected chi connectivity index (χ2v) is 6.20. The zero-order valence-electron chi connectivity index (χ0n) is 13.6. The molecule has 2 rings (SSSR count). The van der Waals surface area contributed by atoms with Gasteiger partial charge < -0.3 is 16.4 Å². The van der Waals surface area contributed by atoms with Gasteiger partial charge in [-0.2, -0.15) is 18.2 Å². The van der Waals surface area contributed by atoms with E-state index < -0.39 is 16.8 Å². The van der Waals surface area contributed by atoms with Crippen molar-refractivity contribution in [2.45, 2.75) is 25.9 Å². The smallest absolute Gasteiger partial charge is 0.369 e. The van der Waals surface area contributed by atoms with Gasteiger partial charge in [0.25, 0.3) is 0 Å². The van der Waals surface area contributed by atoms with Gasteiger partial charge in [-0.25, -0.2) is 4.99 Å². The van der Waals surface area contributed by atoms with E-state index in [0.717, 1.165) is 38.1 Å². The maximum Gasteiger partial charge on any atom is 0.417 e. The van der Waals surface area contributed by atoms with Gasteiger partial charge in [-0.1, -0.05) is 18.5 Å². The van der Waals surface area contributed by atoms with Crippen molar-refractivity contribution in [2.24, 2.45) is 27.4 Å². The molecule has 140 valence electrons. The number of alkyl halides is 3. The van der Waals surface area contributed by atoms with Crippen LogP contribution in [0.5, 0.6) is 0 Å². The number of aliphatic imine (C=N–C) groups is 2. The predicted molar refractivity (Wildman–Crippen MR) is 96.6 cm³/mol. The van der Waals surface area contributed by atoms with Crippen LogP contribution in [0.1, 0.15) is 25.3 Å². The average Bonchev–Trinajstić information content (AvgIpc) is 2.48. The third kappa shape index (κ3) is 5.97. The highest BCUT2D eigenvalue weighted by Gasteiger charge is 2.33. The van der Waals surface area contributed by atoms with Crippen LogP contribution in [0.3, 0.4) is 0 Å². The number of rotatable bonds is 1. The van der Waals surface area contributed by atoms with E-state index >= 15 is 0 Å². The first-order chi connectivity index (χ1) is 11.2. The van der Waals surface area contributed by atoms with Crippen LogP contribution < -0.4 is 11.5 Å². The van der Waals surface area contributed by atoms with Gasteiger partial charge in [0.1, 0.15) is 0 Å². The fraction of sp³-hybridized carbons (Fsp3) is 0.467. The van der Waals surface area contributed by atoms with Crippen LogP contribution in [0.2, 0.25) is 5.02 Å². The summed E-state index contributed by atoms with van der Waals surface area (Å²) in [6.07, 6.45) is -2.44. The maximum absolute atomic E-state index is 12.8. The summed E-state index contributed by atoms with van der Waals surface area (Å²) in [6.45, 7) is 3.65. The number of guanidine groups is 2. The van der Waals surface area contributed by atoms with Crippen molar-refractivity contribution in [1.29, 1.82) is 0 Å². The Bertz CT molecular complexity index is 661. The SMILES string of the molecule is CC1CCCN(C(N)=NC(N)=Nc2ccc(Cl)c(C(F)(F)F)c2)C1.Cl. The number of nitrogens with zero attached hydrogens (tertiary/aromatic N) is 3. The van der Waals surface area contributed by atoms with E-state index in [9.17, 15) is 13.2 Å². The lowest BCUT2D eigenvalue weighted by Gasteiger charge is -2.31. The number of nitrogens with two attached hydrogens (primary N) is 2. The van der Waals surface area contributed by atoms with Crippen LogP contribution >= 0.6 is 24.0 Å². The second kappa shape index (κ2) is 8.62. The molecule has 4 N–H and O–H groups in total. The Hall–Kier alpha value is -1.67. The van der Waals surface area contributed by atoms with E-state index in [1.807, 2.05) is 4.90 Å². The summed E-state index contributed by atoms with van der Waals surface area (Å²) in [5.41, 5.74) is 10.6. The van der Waals surface area contributed by atoms with Crippen LogP contribution in [0.15, 0.2) is 28.2 Å². The van der Waals surface area contributed by atoms with Crippen LogP contribution in [-0.4, -0.2) is 29.9 Å². The zero-order valence-corrected chi connectivity index (χ0v) is 15.1.